The van der Waals surface area contributed by atoms with E-state index in [1.807, 2.05) is 18.2 Å². The number of nitrogens with one attached hydrogen (secondary N) is 2. The van der Waals surface area contributed by atoms with Gasteiger partial charge >= 0.3 is 0 Å². The van der Waals surface area contributed by atoms with Gasteiger partial charge in [-0.2, -0.15) is 4.98 Å². The second-order valence-electron chi connectivity index (χ2n) is 5.03. The third kappa shape index (κ3) is 3.91. The average Bonchev–Trinajstić information content (AvgIpc) is 3.18. The minimum atomic E-state index is 0.294. The van der Waals surface area contributed by atoms with Crippen LogP contribution in [0.5, 0.6) is 11.5 Å². The lowest BCUT2D eigenvalue weighted by molar-refractivity contribution is 0.174. The van der Waals surface area contributed by atoms with Crippen LogP contribution in [0, 0.1) is 6.92 Å². The number of fused-ring (bicyclic) bond motifs is 1. The molecule has 0 atom stereocenters. The molecule has 122 valence electrons. The fourth-order valence-electron chi connectivity index (χ4n) is 2.21. The highest BCUT2D eigenvalue weighted by atomic mass is 16.7. The first-order valence-corrected chi connectivity index (χ1v) is 7.37. The molecule has 0 amide bonds. The van der Waals surface area contributed by atoms with Gasteiger partial charge in [0.25, 0.3) is 0 Å². The van der Waals surface area contributed by atoms with Crippen LogP contribution in [-0.4, -0.2) is 36.5 Å². The summed E-state index contributed by atoms with van der Waals surface area (Å²) in [6.07, 6.45) is 0.844. The van der Waals surface area contributed by atoms with E-state index in [1.54, 1.807) is 14.0 Å². The molecule has 1 aliphatic heterocycles. The van der Waals surface area contributed by atoms with Crippen molar-refractivity contribution in [3.05, 3.63) is 35.5 Å². The quantitative estimate of drug-likeness (QED) is 0.628. The summed E-state index contributed by atoms with van der Waals surface area (Å²) in [6, 6.07) is 5.97. The number of benzene rings is 1. The van der Waals surface area contributed by atoms with Gasteiger partial charge in [-0.3, -0.25) is 4.99 Å². The topological polar surface area (TPSA) is 93.8 Å². The molecule has 0 bridgehead atoms. The van der Waals surface area contributed by atoms with Crippen LogP contribution in [0.1, 0.15) is 17.3 Å². The van der Waals surface area contributed by atoms with Crippen molar-refractivity contribution < 1.29 is 14.0 Å². The Bertz CT molecular complexity index is 698. The highest BCUT2D eigenvalue weighted by Crippen LogP contribution is 2.32. The van der Waals surface area contributed by atoms with E-state index in [0.717, 1.165) is 24.5 Å². The molecular formula is C15H19N5O3. The molecule has 2 aromatic rings. The summed E-state index contributed by atoms with van der Waals surface area (Å²) >= 11 is 0. The van der Waals surface area contributed by atoms with E-state index in [4.69, 9.17) is 14.0 Å². The lowest BCUT2D eigenvalue weighted by Crippen LogP contribution is -2.37. The van der Waals surface area contributed by atoms with Crippen molar-refractivity contribution in [2.45, 2.75) is 19.9 Å². The second-order valence-corrected chi connectivity index (χ2v) is 5.03. The predicted octanol–water partition coefficient (Wildman–Crippen LogP) is 1.01. The zero-order valence-corrected chi connectivity index (χ0v) is 13.1. The highest BCUT2D eigenvalue weighted by Gasteiger charge is 2.13. The number of aromatic nitrogens is 2. The summed E-state index contributed by atoms with van der Waals surface area (Å²) in [5.41, 5.74) is 1.17. The van der Waals surface area contributed by atoms with E-state index in [0.29, 0.717) is 31.0 Å². The van der Waals surface area contributed by atoms with Crippen LogP contribution in [0.15, 0.2) is 27.7 Å². The zero-order valence-electron chi connectivity index (χ0n) is 13.1. The summed E-state index contributed by atoms with van der Waals surface area (Å²) in [4.78, 5) is 8.29. The van der Waals surface area contributed by atoms with Crippen LogP contribution in [0.3, 0.4) is 0 Å². The normalized spacial score (nSPS) is 13.2. The van der Waals surface area contributed by atoms with Crippen molar-refractivity contribution in [2.75, 3.05) is 20.4 Å². The number of hydrogen-bond donors (Lipinski definition) is 2. The van der Waals surface area contributed by atoms with Crippen LogP contribution in [0.25, 0.3) is 0 Å². The Labute approximate surface area is 133 Å². The van der Waals surface area contributed by atoms with E-state index in [9.17, 15) is 0 Å². The average molecular weight is 317 g/mol. The molecule has 2 N–H and O–H groups in total. The van der Waals surface area contributed by atoms with Crippen LogP contribution in [-0.2, 0) is 13.0 Å². The molecule has 1 aliphatic rings. The maximum absolute atomic E-state index is 5.38. The molecule has 8 heteroatoms. The Balaban J connectivity index is 1.45. The monoisotopic (exact) mass is 317 g/mol. The summed E-state index contributed by atoms with van der Waals surface area (Å²) < 4.78 is 15.7. The molecule has 0 radical (unpaired) electrons. The molecule has 1 aromatic heterocycles. The molecule has 0 aliphatic carbocycles. The van der Waals surface area contributed by atoms with Gasteiger partial charge in [0.2, 0.25) is 12.7 Å². The standard InChI is InChI=1S/C15H19N5O3/c1-10-19-14(23-20-10)8-18-15(16-2)17-6-5-11-3-4-12-13(7-11)22-9-21-12/h3-4,7H,5-6,8-9H2,1-2H3,(H2,16,17,18). The van der Waals surface area contributed by atoms with Crippen molar-refractivity contribution >= 4 is 5.96 Å². The number of aliphatic imine (C=N–C) groups is 1. The predicted molar refractivity (Wildman–Crippen MR) is 83.5 cm³/mol. The third-order valence-corrected chi connectivity index (χ3v) is 3.34. The van der Waals surface area contributed by atoms with E-state index in [1.165, 1.54) is 5.56 Å². The van der Waals surface area contributed by atoms with Crippen molar-refractivity contribution in [3.8, 4) is 11.5 Å². The number of rotatable bonds is 5. The zero-order chi connectivity index (χ0) is 16.1. The summed E-state index contributed by atoms with van der Waals surface area (Å²) in [7, 11) is 1.72. The molecule has 1 aromatic carbocycles. The molecule has 0 saturated carbocycles. The van der Waals surface area contributed by atoms with Crippen molar-refractivity contribution in [1.29, 1.82) is 0 Å². The van der Waals surface area contributed by atoms with E-state index < -0.39 is 0 Å². The van der Waals surface area contributed by atoms with E-state index in [-0.39, 0.29) is 0 Å². The fraction of sp³-hybridized carbons (Fsp3) is 0.400. The second kappa shape index (κ2) is 6.99. The maximum Gasteiger partial charge on any atom is 0.246 e. The van der Waals surface area contributed by atoms with Gasteiger partial charge in [0.1, 0.15) is 0 Å². The van der Waals surface area contributed by atoms with Crippen molar-refractivity contribution in [3.63, 3.8) is 0 Å². The Morgan fingerprint density at radius 2 is 2.13 bits per heavy atom. The van der Waals surface area contributed by atoms with Crippen LogP contribution in [0.2, 0.25) is 0 Å². The fourth-order valence-corrected chi connectivity index (χ4v) is 2.21. The number of guanidine groups is 1. The molecule has 0 saturated heterocycles. The van der Waals surface area contributed by atoms with E-state index in [2.05, 4.69) is 25.8 Å². The molecule has 23 heavy (non-hydrogen) atoms. The Hall–Kier alpha value is -2.77. The summed E-state index contributed by atoms with van der Waals surface area (Å²) in [5, 5.41) is 10.1. The molecule has 2 heterocycles. The lowest BCUT2D eigenvalue weighted by atomic mass is 10.1. The molecule has 0 unspecified atom stereocenters. The van der Waals surface area contributed by atoms with Gasteiger partial charge < -0.3 is 24.6 Å². The van der Waals surface area contributed by atoms with Crippen LogP contribution < -0.4 is 20.1 Å². The smallest absolute Gasteiger partial charge is 0.246 e. The Morgan fingerprint density at radius 3 is 2.91 bits per heavy atom. The Morgan fingerprint density at radius 1 is 1.26 bits per heavy atom. The maximum atomic E-state index is 5.38. The van der Waals surface area contributed by atoms with Gasteiger partial charge in [0.15, 0.2) is 23.3 Å². The van der Waals surface area contributed by atoms with E-state index >= 15 is 0 Å². The van der Waals surface area contributed by atoms with Crippen molar-refractivity contribution in [2.24, 2.45) is 4.99 Å². The molecular weight excluding hydrogens is 298 g/mol. The third-order valence-electron chi connectivity index (χ3n) is 3.34. The molecule has 3 rings (SSSR count). The van der Waals surface area contributed by atoms with Crippen molar-refractivity contribution in [1.82, 2.24) is 20.8 Å². The lowest BCUT2D eigenvalue weighted by Gasteiger charge is -2.10. The van der Waals surface area contributed by atoms with Gasteiger partial charge in [-0.05, 0) is 31.0 Å². The summed E-state index contributed by atoms with van der Waals surface area (Å²) in [5.74, 6) is 3.43. The molecule has 8 nitrogen and oxygen atoms in total. The largest absolute Gasteiger partial charge is 0.454 e. The van der Waals surface area contributed by atoms with Crippen LogP contribution >= 0.6 is 0 Å². The minimum Gasteiger partial charge on any atom is -0.454 e. The van der Waals surface area contributed by atoms with Gasteiger partial charge in [0, 0.05) is 13.6 Å². The number of ether oxygens (including phenoxy) is 2. The van der Waals surface area contributed by atoms with Gasteiger partial charge in [-0.15, -0.1) is 0 Å². The van der Waals surface area contributed by atoms with Gasteiger partial charge in [-0.1, -0.05) is 11.2 Å². The SMILES string of the molecule is CN=C(NCCc1ccc2c(c1)OCO2)NCc1nc(C)no1. The first kappa shape index (κ1) is 15.1. The summed E-state index contributed by atoms with van der Waals surface area (Å²) in [6.45, 7) is 3.25. The number of aryl methyl sites for hydroxylation is 1. The molecule has 0 fully saturated rings. The van der Waals surface area contributed by atoms with Gasteiger partial charge in [-0.25, -0.2) is 0 Å². The molecule has 0 spiro atoms. The Kier molecular flexibility index (Phi) is 4.60. The van der Waals surface area contributed by atoms with Crippen LogP contribution in [0.4, 0.5) is 0 Å². The van der Waals surface area contributed by atoms with Gasteiger partial charge in [0.05, 0.1) is 6.54 Å². The number of nitrogens with zero attached hydrogens (tertiary/aromatic N) is 3. The first-order valence-electron chi connectivity index (χ1n) is 7.37. The number of hydrogen-bond acceptors (Lipinski definition) is 6. The first-order chi connectivity index (χ1) is 11.2. The highest BCUT2D eigenvalue weighted by molar-refractivity contribution is 5.79. The minimum absolute atomic E-state index is 0.294.